The molecule has 170 valence electrons. The summed E-state index contributed by atoms with van der Waals surface area (Å²) in [6, 6.07) is 20.8. The zero-order valence-corrected chi connectivity index (χ0v) is 20.2. The van der Waals surface area contributed by atoms with Gasteiger partial charge in [0, 0.05) is 29.1 Å². The minimum atomic E-state index is 0.731. The minimum absolute atomic E-state index is 0.731. The van der Waals surface area contributed by atoms with E-state index in [1.54, 1.807) is 0 Å². The Morgan fingerprint density at radius 2 is 1.59 bits per heavy atom. The van der Waals surface area contributed by atoms with E-state index in [0.29, 0.717) is 0 Å². The molecule has 34 heavy (non-hydrogen) atoms. The number of para-hydroxylation sites is 1. The minimum Gasteiger partial charge on any atom is -0.324 e. The summed E-state index contributed by atoms with van der Waals surface area (Å²) in [6.07, 6.45) is 0.745. The van der Waals surface area contributed by atoms with E-state index in [2.05, 4.69) is 72.7 Å². The molecule has 0 aliphatic carbocycles. The van der Waals surface area contributed by atoms with Gasteiger partial charge in [-0.25, -0.2) is 15.0 Å². The lowest BCUT2D eigenvalue weighted by atomic mass is 10.0. The quantitative estimate of drug-likeness (QED) is 0.352. The van der Waals surface area contributed by atoms with Gasteiger partial charge in [-0.2, -0.15) is 9.78 Å². The molecular formula is C28H28N6. The molecule has 0 saturated heterocycles. The Morgan fingerprint density at radius 1 is 0.794 bits per heavy atom. The van der Waals surface area contributed by atoms with E-state index < -0.39 is 0 Å². The van der Waals surface area contributed by atoms with Crippen LogP contribution in [0.5, 0.6) is 0 Å². The number of hydrogen-bond donors (Lipinski definition) is 1. The molecule has 0 bridgehead atoms. The number of hydrogen-bond acceptors (Lipinski definition) is 5. The van der Waals surface area contributed by atoms with E-state index in [9.17, 15) is 0 Å². The number of benzene rings is 2. The van der Waals surface area contributed by atoms with Gasteiger partial charge in [0.15, 0.2) is 5.82 Å². The molecule has 3 heterocycles. The third kappa shape index (κ3) is 4.15. The molecular weight excluding hydrogens is 420 g/mol. The van der Waals surface area contributed by atoms with Gasteiger partial charge < -0.3 is 5.32 Å². The summed E-state index contributed by atoms with van der Waals surface area (Å²) < 4.78 is 1.87. The number of fused-ring (bicyclic) bond motifs is 1. The second-order valence-corrected chi connectivity index (χ2v) is 8.82. The molecule has 0 unspecified atom stereocenters. The van der Waals surface area contributed by atoms with Crippen molar-refractivity contribution in [3.8, 4) is 5.82 Å². The highest BCUT2D eigenvalue weighted by Crippen LogP contribution is 2.28. The van der Waals surface area contributed by atoms with Gasteiger partial charge in [0.1, 0.15) is 17.5 Å². The SMILES string of the molecule is Cc1cc(Nc2nc(C)nc(C)c2Cc2ccccc2)n(-c2cc(C)c3cccc(C)c3n2)n1. The van der Waals surface area contributed by atoms with Crippen molar-refractivity contribution in [2.45, 2.75) is 41.0 Å². The van der Waals surface area contributed by atoms with Crippen molar-refractivity contribution in [3.05, 3.63) is 100 Å². The lowest BCUT2D eigenvalue weighted by Crippen LogP contribution is -2.10. The summed E-state index contributed by atoms with van der Waals surface area (Å²) >= 11 is 0. The molecule has 0 aliphatic heterocycles. The number of nitrogens with zero attached hydrogens (tertiary/aromatic N) is 5. The van der Waals surface area contributed by atoms with Crippen LogP contribution in [0.2, 0.25) is 0 Å². The average Bonchev–Trinajstić information content (AvgIpc) is 3.17. The Kier molecular flexibility index (Phi) is 5.57. The molecule has 6 nitrogen and oxygen atoms in total. The van der Waals surface area contributed by atoms with Gasteiger partial charge in [0.05, 0.1) is 11.2 Å². The molecule has 5 rings (SSSR count). The van der Waals surface area contributed by atoms with Crippen LogP contribution in [0.1, 0.15) is 39.5 Å². The van der Waals surface area contributed by atoms with Crippen LogP contribution < -0.4 is 5.32 Å². The molecule has 5 aromatic rings. The zero-order valence-electron chi connectivity index (χ0n) is 20.2. The Morgan fingerprint density at radius 3 is 2.38 bits per heavy atom. The first-order valence-corrected chi connectivity index (χ1v) is 11.5. The Balaban J connectivity index is 1.60. The summed E-state index contributed by atoms with van der Waals surface area (Å²) in [6.45, 7) is 10.2. The molecule has 0 fully saturated rings. The van der Waals surface area contributed by atoms with Crippen LogP contribution in [0.15, 0.2) is 60.7 Å². The topological polar surface area (TPSA) is 68.5 Å². The maximum atomic E-state index is 4.97. The molecule has 0 aliphatic rings. The van der Waals surface area contributed by atoms with Crippen molar-refractivity contribution < 1.29 is 0 Å². The average molecular weight is 449 g/mol. The van der Waals surface area contributed by atoms with Gasteiger partial charge in [-0.3, -0.25) is 0 Å². The van der Waals surface area contributed by atoms with E-state index in [1.165, 1.54) is 11.1 Å². The smallest absolute Gasteiger partial charge is 0.156 e. The van der Waals surface area contributed by atoms with Crippen LogP contribution in [0, 0.1) is 34.6 Å². The molecule has 6 heteroatoms. The molecule has 2 aromatic carbocycles. The summed E-state index contributed by atoms with van der Waals surface area (Å²) in [4.78, 5) is 14.4. The number of anilines is 2. The Labute approximate surface area is 199 Å². The maximum absolute atomic E-state index is 4.97. The summed E-state index contributed by atoms with van der Waals surface area (Å²) in [7, 11) is 0. The fourth-order valence-electron chi connectivity index (χ4n) is 4.39. The number of nitrogens with one attached hydrogen (secondary N) is 1. The van der Waals surface area contributed by atoms with Crippen LogP contribution in [-0.4, -0.2) is 24.7 Å². The first-order chi connectivity index (χ1) is 16.4. The second-order valence-electron chi connectivity index (χ2n) is 8.82. The number of rotatable bonds is 5. The van der Waals surface area contributed by atoms with Crippen molar-refractivity contribution in [1.29, 1.82) is 0 Å². The normalized spacial score (nSPS) is 11.2. The lowest BCUT2D eigenvalue weighted by Gasteiger charge is -2.16. The van der Waals surface area contributed by atoms with Crippen molar-refractivity contribution in [1.82, 2.24) is 24.7 Å². The molecule has 0 saturated carbocycles. The van der Waals surface area contributed by atoms with E-state index in [1.807, 2.05) is 37.6 Å². The number of pyridine rings is 1. The molecule has 0 radical (unpaired) electrons. The van der Waals surface area contributed by atoms with Crippen molar-refractivity contribution in [3.63, 3.8) is 0 Å². The summed E-state index contributed by atoms with van der Waals surface area (Å²) in [5.74, 6) is 3.13. The highest BCUT2D eigenvalue weighted by Gasteiger charge is 2.16. The fourth-order valence-corrected chi connectivity index (χ4v) is 4.39. The van der Waals surface area contributed by atoms with E-state index in [-0.39, 0.29) is 0 Å². The molecule has 0 amide bonds. The third-order valence-electron chi connectivity index (χ3n) is 6.08. The number of aromatic nitrogens is 5. The predicted octanol–water partition coefficient (Wildman–Crippen LogP) is 6.09. The first-order valence-electron chi connectivity index (χ1n) is 11.5. The fraction of sp³-hybridized carbons (Fsp3) is 0.214. The number of aryl methyl sites for hydroxylation is 5. The van der Waals surface area contributed by atoms with Crippen molar-refractivity contribution in [2.24, 2.45) is 0 Å². The van der Waals surface area contributed by atoms with E-state index >= 15 is 0 Å². The van der Waals surface area contributed by atoms with Gasteiger partial charge in [0.25, 0.3) is 0 Å². The van der Waals surface area contributed by atoms with Crippen LogP contribution in [0.25, 0.3) is 16.7 Å². The van der Waals surface area contributed by atoms with Crippen LogP contribution in [-0.2, 0) is 6.42 Å². The third-order valence-corrected chi connectivity index (χ3v) is 6.08. The summed E-state index contributed by atoms with van der Waals surface area (Å²) in [5.41, 5.74) is 7.47. The highest BCUT2D eigenvalue weighted by molar-refractivity contribution is 5.85. The molecule has 1 N–H and O–H groups in total. The summed E-state index contributed by atoms with van der Waals surface area (Å²) in [5, 5.41) is 9.48. The van der Waals surface area contributed by atoms with Crippen LogP contribution in [0.4, 0.5) is 11.6 Å². The Bertz CT molecular complexity index is 1500. The Hall–Kier alpha value is -4.06. The van der Waals surface area contributed by atoms with Crippen molar-refractivity contribution >= 4 is 22.5 Å². The van der Waals surface area contributed by atoms with Crippen molar-refractivity contribution in [2.75, 3.05) is 5.32 Å². The van der Waals surface area contributed by atoms with Gasteiger partial charge in [-0.05, 0) is 57.4 Å². The van der Waals surface area contributed by atoms with E-state index in [4.69, 9.17) is 15.1 Å². The van der Waals surface area contributed by atoms with E-state index in [0.717, 1.165) is 63.1 Å². The van der Waals surface area contributed by atoms with Gasteiger partial charge in [0.2, 0.25) is 0 Å². The van der Waals surface area contributed by atoms with Crippen LogP contribution >= 0.6 is 0 Å². The zero-order chi connectivity index (χ0) is 23.8. The molecule has 0 atom stereocenters. The first kappa shape index (κ1) is 21.8. The maximum Gasteiger partial charge on any atom is 0.156 e. The van der Waals surface area contributed by atoms with Gasteiger partial charge in [-0.1, -0.05) is 48.5 Å². The molecule has 0 spiro atoms. The monoisotopic (exact) mass is 448 g/mol. The second kappa shape index (κ2) is 8.71. The van der Waals surface area contributed by atoms with Crippen LogP contribution in [0.3, 0.4) is 0 Å². The largest absolute Gasteiger partial charge is 0.324 e. The predicted molar refractivity (Wildman–Crippen MR) is 137 cm³/mol. The van der Waals surface area contributed by atoms with Gasteiger partial charge in [-0.15, -0.1) is 0 Å². The highest BCUT2D eigenvalue weighted by atomic mass is 15.4. The molecule has 3 aromatic heterocycles. The lowest BCUT2D eigenvalue weighted by molar-refractivity contribution is 0.840. The van der Waals surface area contributed by atoms with Gasteiger partial charge >= 0.3 is 0 Å². The standard InChI is InChI=1S/C28H28N6/c1-17-10-9-13-23-18(2)14-25(31-27(17)23)34-26(15-19(3)33-34)32-28-24(20(4)29-21(5)30-28)16-22-11-7-6-8-12-22/h6-15H,16H2,1-5H3,(H,29,30,32).